The molecule has 44 heavy (non-hydrogen) atoms. The molecule has 2 saturated heterocycles. The summed E-state index contributed by atoms with van der Waals surface area (Å²) in [6, 6.07) is 15.4. The molecule has 224 valence electrons. The maximum atomic E-state index is 14.0. The van der Waals surface area contributed by atoms with Gasteiger partial charge in [0, 0.05) is 53.4 Å². The molecule has 11 heteroatoms. The number of nitrogens with one attached hydrogen (secondary N) is 2. The van der Waals surface area contributed by atoms with E-state index in [1.807, 2.05) is 54.8 Å². The molecular weight excluding hydrogens is 558 g/mol. The Labute approximate surface area is 253 Å². The quantitative estimate of drug-likeness (QED) is 0.313. The minimum Gasteiger partial charge on any atom is -0.366 e. The molecule has 2 unspecified atom stereocenters. The minimum absolute atomic E-state index is 0.0589. The molecule has 4 amide bonds. The average Bonchev–Trinajstić information content (AvgIpc) is 3.51. The predicted molar refractivity (Wildman–Crippen MR) is 162 cm³/mol. The second-order valence-electron chi connectivity index (χ2n) is 13.2. The molecule has 11 nitrogen and oxygen atoms in total. The Kier molecular flexibility index (Phi) is 6.14. The first-order valence-electron chi connectivity index (χ1n) is 14.7. The summed E-state index contributed by atoms with van der Waals surface area (Å²) >= 11 is 0. The van der Waals surface area contributed by atoms with E-state index in [-0.39, 0.29) is 35.2 Å². The largest absolute Gasteiger partial charge is 0.366 e. The average molecular weight is 592 g/mol. The number of rotatable bonds is 6. The SMILES string of the molecule is CC(C)(C)[C@H](NC(=O)c1cc2ccccc2[nH]1)C(=O)N1C[C@@H]2N(C(=O)c3ccc(-c4ccc(C(N)=O)cn4)cn3)CC23CC13. The van der Waals surface area contributed by atoms with Crippen LogP contribution in [0.2, 0.25) is 0 Å². The fourth-order valence-corrected chi connectivity index (χ4v) is 6.78. The van der Waals surface area contributed by atoms with Crippen molar-refractivity contribution in [2.24, 2.45) is 16.6 Å². The maximum absolute atomic E-state index is 14.0. The van der Waals surface area contributed by atoms with E-state index in [0.717, 1.165) is 17.3 Å². The normalized spacial score (nSPS) is 22.5. The predicted octanol–water partition coefficient (Wildman–Crippen LogP) is 2.99. The lowest BCUT2D eigenvalue weighted by molar-refractivity contribution is -0.135. The zero-order chi connectivity index (χ0) is 31.0. The van der Waals surface area contributed by atoms with Crippen LogP contribution in [0, 0.1) is 10.8 Å². The van der Waals surface area contributed by atoms with Gasteiger partial charge in [-0.3, -0.25) is 29.1 Å². The summed E-state index contributed by atoms with van der Waals surface area (Å²) in [5.74, 6) is -1.18. The van der Waals surface area contributed by atoms with E-state index in [2.05, 4.69) is 20.3 Å². The van der Waals surface area contributed by atoms with Gasteiger partial charge >= 0.3 is 0 Å². The molecule has 4 atom stereocenters. The van der Waals surface area contributed by atoms with Crippen molar-refractivity contribution in [1.82, 2.24) is 30.1 Å². The maximum Gasteiger partial charge on any atom is 0.272 e. The highest BCUT2D eigenvalue weighted by Crippen LogP contribution is 2.65. The molecule has 1 spiro atoms. The Morgan fingerprint density at radius 1 is 1.00 bits per heavy atom. The zero-order valence-corrected chi connectivity index (χ0v) is 24.7. The first-order chi connectivity index (χ1) is 21.0. The van der Waals surface area contributed by atoms with Crippen LogP contribution < -0.4 is 11.1 Å². The number of H-pyrrole nitrogens is 1. The number of carbonyl (C=O) groups excluding carboxylic acids is 4. The summed E-state index contributed by atoms with van der Waals surface area (Å²) in [6.07, 6.45) is 3.84. The standard InChI is InChI=1S/C33H33N7O4/c1-32(2,3)27(38-29(42)24-12-18-6-4-5-7-22(18)37-24)31(44)39-16-26-33(13-25(33)39)17-40(26)30(43)23-11-8-19(14-36-23)21-10-9-20(15-35-21)28(34)41/h4-12,14-15,25-27,37H,13,16-17H2,1-3H3,(H2,34,41)(H,38,42)/t25?,26-,27+,33?/m0/s1. The lowest BCUT2D eigenvalue weighted by Gasteiger charge is -2.46. The number of hydrogen-bond acceptors (Lipinski definition) is 6. The second kappa shape index (κ2) is 9.73. The van der Waals surface area contributed by atoms with Gasteiger partial charge in [-0.2, -0.15) is 0 Å². The number of nitrogens with two attached hydrogens (primary N) is 1. The summed E-state index contributed by atoms with van der Waals surface area (Å²) in [4.78, 5) is 67.6. The van der Waals surface area contributed by atoms with Crippen LogP contribution >= 0.6 is 0 Å². The van der Waals surface area contributed by atoms with Crippen molar-refractivity contribution >= 4 is 34.5 Å². The Morgan fingerprint density at radius 2 is 1.80 bits per heavy atom. The van der Waals surface area contributed by atoms with Gasteiger partial charge < -0.3 is 25.8 Å². The topological polar surface area (TPSA) is 154 Å². The second-order valence-corrected chi connectivity index (χ2v) is 13.2. The third-order valence-corrected chi connectivity index (χ3v) is 9.36. The van der Waals surface area contributed by atoms with Crippen molar-refractivity contribution in [2.45, 2.75) is 45.3 Å². The molecule has 7 rings (SSSR count). The number of likely N-dealkylation sites (tertiary alicyclic amines) is 2. The highest BCUT2D eigenvalue weighted by atomic mass is 16.2. The van der Waals surface area contributed by atoms with Gasteiger partial charge in [-0.1, -0.05) is 39.0 Å². The number of para-hydroxylation sites is 1. The van der Waals surface area contributed by atoms with Crippen molar-refractivity contribution in [3.63, 3.8) is 0 Å². The number of amides is 4. The van der Waals surface area contributed by atoms with Gasteiger partial charge in [-0.25, -0.2) is 0 Å². The molecule has 5 heterocycles. The van der Waals surface area contributed by atoms with E-state index < -0.39 is 17.4 Å². The summed E-state index contributed by atoms with van der Waals surface area (Å²) < 4.78 is 0. The van der Waals surface area contributed by atoms with Crippen LogP contribution in [0.4, 0.5) is 0 Å². The number of pyridine rings is 2. The first-order valence-corrected chi connectivity index (χ1v) is 14.7. The van der Waals surface area contributed by atoms with Crippen molar-refractivity contribution in [3.05, 3.63) is 83.9 Å². The Hall–Kier alpha value is -5.06. The van der Waals surface area contributed by atoms with Crippen LogP contribution in [0.1, 0.15) is 58.5 Å². The number of hydrogen-bond donors (Lipinski definition) is 3. The van der Waals surface area contributed by atoms with Crippen molar-refractivity contribution in [1.29, 1.82) is 0 Å². The van der Waals surface area contributed by atoms with Gasteiger partial charge in [0.05, 0.1) is 17.3 Å². The van der Waals surface area contributed by atoms with Gasteiger partial charge in [0.25, 0.3) is 11.8 Å². The third-order valence-electron chi connectivity index (χ3n) is 9.36. The fourth-order valence-electron chi connectivity index (χ4n) is 6.78. The van der Waals surface area contributed by atoms with Gasteiger partial charge in [0.1, 0.15) is 17.4 Å². The highest BCUT2D eigenvalue weighted by molar-refractivity contribution is 6.01. The summed E-state index contributed by atoms with van der Waals surface area (Å²) in [6.45, 7) is 6.84. The molecule has 0 radical (unpaired) electrons. The smallest absolute Gasteiger partial charge is 0.272 e. The molecule has 3 aliphatic rings. The number of piperidine rings is 1. The van der Waals surface area contributed by atoms with Gasteiger partial charge in [0.2, 0.25) is 11.8 Å². The molecule has 0 bridgehead atoms. The number of benzene rings is 1. The van der Waals surface area contributed by atoms with E-state index in [0.29, 0.717) is 41.3 Å². The van der Waals surface area contributed by atoms with Crippen LogP contribution in [-0.2, 0) is 4.79 Å². The van der Waals surface area contributed by atoms with E-state index in [1.54, 1.807) is 36.5 Å². The van der Waals surface area contributed by atoms with E-state index in [4.69, 9.17) is 5.73 Å². The number of nitrogens with zero attached hydrogens (tertiary/aromatic N) is 4. The number of primary amides is 1. The van der Waals surface area contributed by atoms with Crippen molar-refractivity contribution in [3.8, 4) is 11.3 Å². The lowest BCUT2D eigenvalue weighted by Crippen LogP contribution is -2.61. The molecule has 4 aromatic rings. The monoisotopic (exact) mass is 591 g/mol. The van der Waals surface area contributed by atoms with Crippen LogP contribution in [0.25, 0.3) is 22.2 Å². The van der Waals surface area contributed by atoms with Crippen LogP contribution in [0.5, 0.6) is 0 Å². The molecule has 1 saturated carbocycles. The minimum atomic E-state index is -0.736. The number of fused-ring (bicyclic) bond motifs is 1. The summed E-state index contributed by atoms with van der Waals surface area (Å²) in [5, 5.41) is 3.93. The van der Waals surface area contributed by atoms with E-state index in [1.165, 1.54) is 6.20 Å². The van der Waals surface area contributed by atoms with Gasteiger partial charge in [-0.05, 0) is 48.2 Å². The summed E-state index contributed by atoms with van der Waals surface area (Å²) in [5.41, 5.74) is 7.90. The highest BCUT2D eigenvalue weighted by Gasteiger charge is 2.76. The molecule has 2 aliphatic heterocycles. The lowest BCUT2D eigenvalue weighted by atomic mass is 9.85. The molecule has 4 N–H and O–H groups in total. The summed E-state index contributed by atoms with van der Waals surface area (Å²) in [7, 11) is 0. The third kappa shape index (κ3) is 4.42. The van der Waals surface area contributed by atoms with Gasteiger partial charge in [-0.15, -0.1) is 0 Å². The zero-order valence-electron chi connectivity index (χ0n) is 24.7. The van der Waals surface area contributed by atoms with Crippen LogP contribution in [0.15, 0.2) is 67.0 Å². The van der Waals surface area contributed by atoms with E-state index in [9.17, 15) is 19.2 Å². The molecule has 3 fully saturated rings. The number of carbonyl (C=O) groups is 4. The van der Waals surface area contributed by atoms with Crippen molar-refractivity contribution < 1.29 is 19.2 Å². The molecular formula is C33H33N7O4. The Morgan fingerprint density at radius 3 is 2.45 bits per heavy atom. The van der Waals surface area contributed by atoms with Gasteiger partial charge in [0.15, 0.2) is 0 Å². The molecule has 1 aliphatic carbocycles. The van der Waals surface area contributed by atoms with Crippen LogP contribution in [-0.4, -0.2) is 79.6 Å². The van der Waals surface area contributed by atoms with E-state index >= 15 is 0 Å². The first kappa shape index (κ1) is 27.8. The Balaban J connectivity index is 1.04. The Bertz CT molecular complexity index is 1790. The fraction of sp³-hybridized carbons (Fsp3) is 0.333. The molecule has 3 aromatic heterocycles. The molecule has 1 aromatic carbocycles. The number of aromatic nitrogens is 3. The number of aromatic amines is 1. The van der Waals surface area contributed by atoms with Crippen molar-refractivity contribution in [2.75, 3.05) is 13.1 Å². The van der Waals surface area contributed by atoms with Crippen LogP contribution in [0.3, 0.4) is 0 Å².